The lowest BCUT2D eigenvalue weighted by Gasteiger charge is -2.20. The van der Waals surface area contributed by atoms with E-state index in [2.05, 4.69) is 0 Å². The first-order chi connectivity index (χ1) is 7.79. The standard InChI is InChI=1S/C13H18O3S/c1-10-7-5-6-8-11(10)17(15)9-12(14)16-13(2,3)4/h5-8H,9H2,1-4H3/t17-/m0/s1. The van der Waals surface area contributed by atoms with Crippen LogP contribution in [0.2, 0.25) is 0 Å². The van der Waals surface area contributed by atoms with Gasteiger partial charge < -0.3 is 9.29 Å². The zero-order valence-electron chi connectivity index (χ0n) is 10.6. The molecule has 1 rings (SSSR count). The molecule has 0 spiro atoms. The van der Waals surface area contributed by atoms with E-state index in [4.69, 9.17) is 4.74 Å². The first-order valence-electron chi connectivity index (χ1n) is 5.45. The van der Waals surface area contributed by atoms with E-state index in [1.165, 1.54) is 0 Å². The normalized spacial score (nSPS) is 13.2. The predicted octanol–water partition coefficient (Wildman–Crippen LogP) is 2.44. The van der Waals surface area contributed by atoms with Crippen LogP contribution < -0.4 is 0 Å². The minimum Gasteiger partial charge on any atom is -0.611 e. The van der Waals surface area contributed by atoms with Crippen LogP contribution in [0.5, 0.6) is 0 Å². The third-order valence-electron chi connectivity index (χ3n) is 2.01. The third-order valence-corrected chi connectivity index (χ3v) is 3.45. The second-order valence-corrected chi connectivity index (χ2v) is 6.26. The van der Waals surface area contributed by atoms with E-state index in [1.807, 2.05) is 25.1 Å². The predicted molar refractivity (Wildman–Crippen MR) is 68.3 cm³/mol. The molecule has 0 aliphatic carbocycles. The van der Waals surface area contributed by atoms with Gasteiger partial charge in [-0.05, 0) is 44.9 Å². The van der Waals surface area contributed by atoms with Crippen molar-refractivity contribution in [3.05, 3.63) is 29.8 Å². The Morgan fingerprint density at radius 1 is 1.35 bits per heavy atom. The number of carbonyl (C=O) groups is 1. The highest BCUT2D eigenvalue weighted by Crippen LogP contribution is 2.17. The minimum atomic E-state index is -1.33. The van der Waals surface area contributed by atoms with E-state index in [1.54, 1.807) is 26.8 Å². The third kappa shape index (κ3) is 4.79. The highest BCUT2D eigenvalue weighted by Gasteiger charge is 2.23. The van der Waals surface area contributed by atoms with Gasteiger partial charge >= 0.3 is 5.97 Å². The Hall–Kier alpha value is -1.00. The molecule has 0 amide bonds. The molecule has 94 valence electrons. The Labute approximate surface area is 105 Å². The van der Waals surface area contributed by atoms with Gasteiger partial charge in [-0.2, -0.15) is 0 Å². The molecule has 0 saturated heterocycles. The van der Waals surface area contributed by atoms with Crippen molar-refractivity contribution < 1.29 is 14.1 Å². The minimum absolute atomic E-state index is 0.0951. The van der Waals surface area contributed by atoms with E-state index in [9.17, 15) is 9.35 Å². The van der Waals surface area contributed by atoms with Gasteiger partial charge in [0.05, 0.1) is 0 Å². The molecule has 17 heavy (non-hydrogen) atoms. The van der Waals surface area contributed by atoms with Gasteiger partial charge in [0.15, 0.2) is 4.90 Å². The van der Waals surface area contributed by atoms with Crippen LogP contribution in [0.25, 0.3) is 0 Å². The second-order valence-electron chi connectivity index (χ2n) is 4.84. The number of benzene rings is 1. The van der Waals surface area contributed by atoms with Crippen LogP contribution in [-0.2, 0) is 20.7 Å². The van der Waals surface area contributed by atoms with Gasteiger partial charge in [0.1, 0.15) is 5.60 Å². The topological polar surface area (TPSA) is 49.4 Å². The molecule has 1 aromatic rings. The summed E-state index contributed by atoms with van der Waals surface area (Å²) in [6, 6.07) is 7.34. The molecule has 0 N–H and O–H groups in total. The first-order valence-corrected chi connectivity index (χ1v) is 6.77. The maximum Gasteiger partial charge on any atom is 0.357 e. The molecule has 0 saturated carbocycles. The number of aryl methyl sites for hydroxylation is 1. The maximum atomic E-state index is 12.0. The summed E-state index contributed by atoms with van der Waals surface area (Å²) in [6.45, 7) is 7.26. The first kappa shape index (κ1) is 14.1. The average molecular weight is 254 g/mol. The van der Waals surface area contributed by atoms with Crippen molar-refractivity contribution in [2.24, 2.45) is 0 Å². The number of hydrogen-bond donors (Lipinski definition) is 0. The van der Waals surface area contributed by atoms with Crippen molar-refractivity contribution in [3.8, 4) is 0 Å². The van der Waals surface area contributed by atoms with Gasteiger partial charge in [-0.25, -0.2) is 4.79 Å². The fourth-order valence-electron chi connectivity index (χ4n) is 1.37. The lowest BCUT2D eigenvalue weighted by molar-refractivity contribution is -0.151. The molecule has 0 aliphatic rings. The Bertz CT molecular complexity index is 396. The molecule has 0 aromatic heterocycles. The molecule has 0 bridgehead atoms. The average Bonchev–Trinajstić information content (AvgIpc) is 2.14. The van der Waals surface area contributed by atoms with Crippen molar-refractivity contribution in [1.82, 2.24) is 0 Å². The van der Waals surface area contributed by atoms with Gasteiger partial charge in [-0.1, -0.05) is 18.2 Å². The molecule has 0 aliphatic heterocycles. The number of carbonyl (C=O) groups excluding carboxylic acids is 1. The summed E-state index contributed by atoms with van der Waals surface area (Å²) in [6.07, 6.45) is 0. The Morgan fingerprint density at radius 2 is 1.94 bits per heavy atom. The number of ether oxygens (including phenoxy) is 1. The molecule has 4 heteroatoms. The van der Waals surface area contributed by atoms with E-state index in [-0.39, 0.29) is 5.75 Å². The lowest BCUT2D eigenvalue weighted by Crippen LogP contribution is -2.28. The second kappa shape index (κ2) is 5.56. The van der Waals surface area contributed by atoms with Crippen molar-refractivity contribution in [3.63, 3.8) is 0 Å². The molecule has 1 atom stereocenters. The Morgan fingerprint density at radius 3 is 2.47 bits per heavy atom. The smallest absolute Gasteiger partial charge is 0.357 e. The van der Waals surface area contributed by atoms with Crippen LogP contribution in [0.15, 0.2) is 29.2 Å². The zero-order chi connectivity index (χ0) is 13.1. The van der Waals surface area contributed by atoms with Gasteiger partial charge in [-0.15, -0.1) is 0 Å². The van der Waals surface area contributed by atoms with Crippen LogP contribution in [0, 0.1) is 6.92 Å². The monoisotopic (exact) mass is 254 g/mol. The fraction of sp³-hybridized carbons (Fsp3) is 0.462. The van der Waals surface area contributed by atoms with Crippen LogP contribution in [0.1, 0.15) is 26.3 Å². The van der Waals surface area contributed by atoms with Crippen LogP contribution >= 0.6 is 0 Å². The quantitative estimate of drug-likeness (QED) is 0.615. The van der Waals surface area contributed by atoms with Gasteiger partial charge in [0.2, 0.25) is 5.75 Å². The van der Waals surface area contributed by atoms with Crippen LogP contribution in [-0.4, -0.2) is 21.9 Å². The Balaban J connectivity index is 2.64. The number of rotatable bonds is 3. The highest BCUT2D eigenvalue weighted by molar-refractivity contribution is 7.92. The molecular formula is C13H18O3S. The van der Waals surface area contributed by atoms with E-state index < -0.39 is 22.7 Å². The molecule has 1 aromatic carbocycles. The van der Waals surface area contributed by atoms with Crippen molar-refractivity contribution in [2.45, 2.75) is 38.2 Å². The summed E-state index contributed by atoms with van der Waals surface area (Å²) in [5.41, 5.74) is 0.391. The summed E-state index contributed by atoms with van der Waals surface area (Å²) < 4.78 is 17.1. The van der Waals surface area contributed by atoms with E-state index >= 15 is 0 Å². The molecule has 0 fully saturated rings. The highest BCUT2D eigenvalue weighted by atomic mass is 32.2. The zero-order valence-corrected chi connectivity index (χ0v) is 11.5. The Kier molecular flexibility index (Phi) is 4.60. The number of hydrogen-bond acceptors (Lipinski definition) is 3. The van der Waals surface area contributed by atoms with Gasteiger partial charge in [-0.3, -0.25) is 0 Å². The lowest BCUT2D eigenvalue weighted by atomic mass is 10.2. The molecule has 0 unspecified atom stereocenters. The summed E-state index contributed by atoms with van der Waals surface area (Å²) in [5, 5.41) is 0. The van der Waals surface area contributed by atoms with Crippen molar-refractivity contribution >= 4 is 17.1 Å². The fourth-order valence-corrected chi connectivity index (χ4v) is 2.45. The van der Waals surface area contributed by atoms with Gasteiger partial charge in [0, 0.05) is 5.56 Å². The summed E-state index contributed by atoms with van der Waals surface area (Å²) in [5.74, 6) is -0.527. The van der Waals surface area contributed by atoms with E-state index in [0.717, 1.165) is 5.56 Å². The van der Waals surface area contributed by atoms with Crippen molar-refractivity contribution in [1.29, 1.82) is 0 Å². The van der Waals surface area contributed by atoms with Gasteiger partial charge in [0.25, 0.3) is 0 Å². The van der Waals surface area contributed by atoms with Crippen molar-refractivity contribution in [2.75, 3.05) is 5.75 Å². The molecule has 0 heterocycles. The summed E-state index contributed by atoms with van der Waals surface area (Å²) in [4.78, 5) is 12.2. The van der Waals surface area contributed by atoms with Crippen LogP contribution in [0.4, 0.5) is 0 Å². The van der Waals surface area contributed by atoms with E-state index in [0.29, 0.717) is 4.90 Å². The summed E-state index contributed by atoms with van der Waals surface area (Å²) in [7, 11) is 0. The molecule has 3 nitrogen and oxygen atoms in total. The van der Waals surface area contributed by atoms with Crippen LogP contribution in [0.3, 0.4) is 0 Å². The summed E-state index contributed by atoms with van der Waals surface area (Å²) >= 11 is -1.33. The maximum absolute atomic E-state index is 12.0. The molecule has 0 radical (unpaired) electrons. The number of esters is 1. The SMILES string of the molecule is Cc1ccccc1[S@@+]([O-])CC(=O)OC(C)(C)C. The molecular weight excluding hydrogens is 236 g/mol. The largest absolute Gasteiger partial charge is 0.611 e.